The number of nitrogens with zero attached hydrogens (tertiary/aromatic N) is 4. The Morgan fingerprint density at radius 3 is 2.72 bits per heavy atom. The van der Waals surface area contributed by atoms with Crippen molar-refractivity contribution in [2.75, 3.05) is 31.6 Å². The molecule has 1 aliphatic heterocycles. The summed E-state index contributed by atoms with van der Waals surface area (Å²) in [7, 11) is 1.73. The number of hydrogen-bond acceptors (Lipinski definition) is 4. The molecule has 1 fully saturated rings. The van der Waals surface area contributed by atoms with E-state index < -0.39 is 0 Å². The predicted octanol–water partition coefficient (Wildman–Crippen LogP) is 3.10. The highest BCUT2D eigenvalue weighted by Crippen LogP contribution is 2.29. The van der Waals surface area contributed by atoms with E-state index in [0.717, 1.165) is 44.2 Å². The van der Waals surface area contributed by atoms with Crippen molar-refractivity contribution in [2.45, 2.75) is 33.0 Å². The summed E-state index contributed by atoms with van der Waals surface area (Å²) in [4.78, 5) is 4.89. The predicted molar refractivity (Wildman–Crippen MR) is 99.9 cm³/mol. The molecule has 2 heterocycles. The molecule has 5 nitrogen and oxygen atoms in total. The quantitative estimate of drug-likeness (QED) is 0.840. The molecule has 1 aliphatic rings. The average Bonchev–Trinajstić information content (AvgIpc) is 3.05. The standard InChI is InChI=1S/C20H26N4O/c1-4-22-14-17(11-18(22)12-21)15-23-9-10-24(13-16(23)2)19-7-5-6-8-20(19)25-3/h5-8,11,14,16H,4,9-10,13,15H2,1-3H3. The number of aryl methyl sites for hydroxylation is 1. The van der Waals surface area contributed by atoms with Gasteiger partial charge < -0.3 is 14.2 Å². The minimum Gasteiger partial charge on any atom is -0.495 e. The Balaban J connectivity index is 1.68. The zero-order chi connectivity index (χ0) is 17.8. The van der Waals surface area contributed by atoms with Crippen LogP contribution in [0.1, 0.15) is 25.1 Å². The summed E-state index contributed by atoms with van der Waals surface area (Å²) in [6.07, 6.45) is 2.11. The Labute approximate surface area is 150 Å². The van der Waals surface area contributed by atoms with Crippen LogP contribution in [0.5, 0.6) is 5.75 Å². The molecule has 1 saturated heterocycles. The van der Waals surface area contributed by atoms with Gasteiger partial charge in [0.1, 0.15) is 17.5 Å². The summed E-state index contributed by atoms with van der Waals surface area (Å²) in [6.45, 7) is 9.01. The summed E-state index contributed by atoms with van der Waals surface area (Å²) >= 11 is 0. The highest BCUT2D eigenvalue weighted by molar-refractivity contribution is 5.58. The Morgan fingerprint density at radius 1 is 1.28 bits per heavy atom. The monoisotopic (exact) mass is 338 g/mol. The number of hydrogen-bond donors (Lipinski definition) is 0. The summed E-state index contributed by atoms with van der Waals surface area (Å²) in [5, 5.41) is 9.23. The van der Waals surface area contributed by atoms with Crippen molar-refractivity contribution in [3.8, 4) is 11.8 Å². The first kappa shape index (κ1) is 17.4. The van der Waals surface area contributed by atoms with E-state index in [2.05, 4.69) is 48.0 Å². The molecular weight excluding hydrogens is 312 g/mol. The minimum absolute atomic E-state index is 0.439. The van der Waals surface area contributed by atoms with Gasteiger partial charge in [-0.05, 0) is 37.6 Å². The molecule has 0 saturated carbocycles. The third-order valence-electron chi connectivity index (χ3n) is 4.99. The second kappa shape index (κ2) is 7.62. The number of rotatable bonds is 5. The number of piperazine rings is 1. The van der Waals surface area contributed by atoms with Crippen LogP contribution in [0.3, 0.4) is 0 Å². The first-order valence-corrected chi connectivity index (χ1v) is 8.87. The maximum absolute atomic E-state index is 9.23. The second-order valence-corrected chi connectivity index (χ2v) is 6.57. The number of para-hydroxylation sites is 2. The zero-order valence-corrected chi connectivity index (χ0v) is 15.3. The van der Waals surface area contributed by atoms with Crippen molar-refractivity contribution in [2.24, 2.45) is 0 Å². The van der Waals surface area contributed by atoms with E-state index >= 15 is 0 Å². The molecule has 0 N–H and O–H groups in total. The fourth-order valence-electron chi connectivity index (χ4n) is 3.58. The van der Waals surface area contributed by atoms with Gasteiger partial charge in [-0.1, -0.05) is 12.1 Å². The maximum Gasteiger partial charge on any atom is 0.142 e. The van der Waals surface area contributed by atoms with Crippen molar-refractivity contribution in [1.82, 2.24) is 9.47 Å². The average molecular weight is 338 g/mol. The Morgan fingerprint density at radius 2 is 2.08 bits per heavy atom. The molecular formula is C20H26N4O. The van der Waals surface area contributed by atoms with E-state index in [0.29, 0.717) is 6.04 Å². The van der Waals surface area contributed by atoms with Crippen molar-refractivity contribution in [3.63, 3.8) is 0 Å². The van der Waals surface area contributed by atoms with Crippen molar-refractivity contribution in [3.05, 3.63) is 47.8 Å². The lowest BCUT2D eigenvalue weighted by molar-refractivity contribution is 0.180. The lowest BCUT2D eigenvalue weighted by Gasteiger charge is -2.41. The molecule has 1 unspecified atom stereocenters. The minimum atomic E-state index is 0.439. The van der Waals surface area contributed by atoms with Gasteiger partial charge in [0.2, 0.25) is 0 Å². The van der Waals surface area contributed by atoms with E-state index in [1.807, 2.05) is 22.8 Å². The van der Waals surface area contributed by atoms with Crippen LogP contribution >= 0.6 is 0 Å². The van der Waals surface area contributed by atoms with E-state index in [9.17, 15) is 5.26 Å². The Kier molecular flexibility index (Phi) is 5.30. The summed E-state index contributed by atoms with van der Waals surface area (Å²) in [5.41, 5.74) is 3.13. The van der Waals surface area contributed by atoms with Gasteiger partial charge >= 0.3 is 0 Å². The summed E-state index contributed by atoms with van der Waals surface area (Å²) in [6, 6.07) is 12.9. The van der Waals surface area contributed by atoms with E-state index in [1.54, 1.807) is 7.11 Å². The normalized spacial score (nSPS) is 18.2. The van der Waals surface area contributed by atoms with Crippen LogP contribution in [-0.4, -0.2) is 42.3 Å². The molecule has 3 rings (SSSR count). The molecule has 0 aliphatic carbocycles. The summed E-state index contributed by atoms with van der Waals surface area (Å²) in [5.74, 6) is 0.932. The SMILES string of the molecule is CCn1cc(CN2CCN(c3ccccc3OC)CC2C)cc1C#N. The number of aromatic nitrogens is 1. The van der Waals surface area contributed by atoms with E-state index in [4.69, 9.17) is 4.74 Å². The van der Waals surface area contributed by atoms with E-state index in [-0.39, 0.29) is 0 Å². The van der Waals surface area contributed by atoms with Crippen LogP contribution in [0.4, 0.5) is 5.69 Å². The molecule has 5 heteroatoms. The molecule has 1 aromatic carbocycles. The molecule has 0 bridgehead atoms. The highest BCUT2D eigenvalue weighted by Gasteiger charge is 2.25. The third-order valence-corrected chi connectivity index (χ3v) is 4.99. The maximum atomic E-state index is 9.23. The molecule has 1 atom stereocenters. The van der Waals surface area contributed by atoms with Gasteiger partial charge in [-0.25, -0.2) is 0 Å². The van der Waals surface area contributed by atoms with Crippen LogP contribution in [0, 0.1) is 11.3 Å². The lowest BCUT2D eigenvalue weighted by atomic mass is 10.1. The third kappa shape index (κ3) is 3.64. The molecule has 132 valence electrons. The van der Waals surface area contributed by atoms with Gasteiger partial charge in [-0.2, -0.15) is 5.26 Å². The Bertz CT molecular complexity index is 761. The van der Waals surface area contributed by atoms with Crippen LogP contribution in [0.2, 0.25) is 0 Å². The first-order valence-electron chi connectivity index (χ1n) is 8.87. The van der Waals surface area contributed by atoms with Gasteiger partial charge in [0.15, 0.2) is 0 Å². The summed E-state index contributed by atoms with van der Waals surface area (Å²) < 4.78 is 7.53. The molecule has 0 radical (unpaired) electrons. The van der Waals surface area contributed by atoms with Gasteiger partial charge in [-0.3, -0.25) is 4.90 Å². The zero-order valence-electron chi connectivity index (χ0n) is 15.3. The van der Waals surface area contributed by atoms with Gasteiger partial charge in [0, 0.05) is 45.0 Å². The number of methoxy groups -OCH3 is 1. The van der Waals surface area contributed by atoms with Gasteiger partial charge in [0.05, 0.1) is 12.8 Å². The number of anilines is 1. The van der Waals surface area contributed by atoms with Gasteiger partial charge in [-0.15, -0.1) is 0 Å². The fraction of sp³-hybridized carbons (Fsp3) is 0.450. The smallest absolute Gasteiger partial charge is 0.142 e. The van der Waals surface area contributed by atoms with Gasteiger partial charge in [0.25, 0.3) is 0 Å². The molecule has 1 aromatic heterocycles. The van der Waals surface area contributed by atoms with Crippen molar-refractivity contribution >= 4 is 5.69 Å². The first-order chi connectivity index (χ1) is 12.2. The van der Waals surface area contributed by atoms with Crippen LogP contribution in [0.25, 0.3) is 0 Å². The van der Waals surface area contributed by atoms with Crippen LogP contribution in [-0.2, 0) is 13.1 Å². The lowest BCUT2D eigenvalue weighted by Crippen LogP contribution is -2.51. The second-order valence-electron chi connectivity index (χ2n) is 6.57. The molecule has 0 spiro atoms. The number of nitriles is 1. The van der Waals surface area contributed by atoms with Crippen LogP contribution in [0.15, 0.2) is 36.5 Å². The largest absolute Gasteiger partial charge is 0.495 e. The van der Waals surface area contributed by atoms with Crippen molar-refractivity contribution in [1.29, 1.82) is 5.26 Å². The highest BCUT2D eigenvalue weighted by atomic mass is 16.5. The van der Waals surface area contributed by atoms with Crippen LogP contribution < -0.4 is 9.64 Å². The Hall–Kier alpha value is -2.45. The van der Waals surface area contributed by atoms with E-state index in [1.165, 1.54) is 11.3 Å². The number of benzene rings is 1. The molecule has 2 aromatic rings. The molecule has 0 amide bonds. The molecule has 25 heavy (non-hydrogen) atoms. The van der Waals surface area contributed by atoms with Crippen molar-refractivity contribution < 1.29 is 4.74 Å². The fourth-order valence-corrected chi connectivity index (χ4v) is 3.58. The topological polar surface area (TPSA) is 44.4 Å². The number of ether oxygens (including phenoxy) is 1.